The van der Waals surface area contributed by atoms with E-state index >= 15 is 0 Å². The fraction of sp³-hybridized carbons (Fsp3) is 0.467. The van der Waals surface area contributed by atoms with Crippen molar-refractivity contribution >= 4 is 17.6 Å². The molecule has 1 amide bonds. The smallest absolute Gasteiger partial charge is 0.323 e. The minimum Gasteiger partial charge on any atom is -0.480 e. The van der Waals surface area contributed by atoms with Crippen LogP contribution in [0.5, 0.6) is 0 Å². The van der Waals surface area contributed by atoms with Crippen molar-refractivity contribution in [1.82, 2.24) is 0 Å². The number of carboxylic acids is 1. The Labute approximate surface area is 114 Å². The van der Waals surface area contributed by atoms with Gasteiger partial charge < -0.3 is 10.0 Å². The number of hydrogen-bond donors (Lipinski definition) is 1. The third-order valence-corrected chi connectivity index (χ3v) is 2.93. The molecule has 1 aromatic rings. The second kappa shape index (κ2) is 6.92. The molecule has 1 rings (SSSR count). The average molecular weight is 263 g/mol. The van der Waals surface area contributed by atoms with Gasteiger partial charge in [0.2, 0.25) is 5.91 Å². The second-order valence-electron chi connectivity index (χ2n) is 4.87. The molecular formula is C15H21NO3. The summed E-state index contributed by atoms with van der Waals surface area (Å²) in [5.41, 5.74) is 1.81. The third-order valence-electron chi connectivity index (χ3n) is 2.93. The van der Waals surface area contributed by atoms with Crippen molar-refractivity contribution in [1.29, 1.82) is 0 Å². The summed E-state index contributed by atoms with van der Waals surface area (Å²) < 4.78 is 0. The van der Waals surface area contributed by atoms with E-state index in [-0.39, 0.29) is 12.5 Å². The zero-order valence-electron chi connectivity index (χ0n) is 11.7. The zero-order chi connectivity index (χ0) is 14.4. The van der Waals surface area contributed by atoms with Gasteiger partial charge in [-0.3, -0.25) is 9.59 Å². The molecule has 0 bridgehead atoms. The molecule has 4 heteroatoms. The normalized spacial score (nSPS) is 10.5. The van der Waals surface area contributed by atoms with E-state index in [4.69, 9.17) is 5.11 Å². The maximum Gasteiger partial charge on any atom is 0.323 e. The second-order valence-corrected chi connectivity index (χ2v) is 4.87. The number of carboxylic acid groups (broad SMARTS) is 1. The Hall–Kier alpha value is -1.84. The lowest BCUT2D eigenvalue weighted by atomic mass is 10.0. The summed E-state index contributed by atoms with van der Waals surface area (Å²) in [4.78, 5) is 24.2. The van der Waals surface area contributed by atoms with E-state index in [1.807, 2.05) is 31.2 Å². The van der Waals surface area contributed by atoms with Crippen LogP contribution in [0.2, 0.25) is 0 Å². The highest BCUT2D eigenvalue weighted by atomic mass is 16.4. The number of hydrogen-bond acceptors (Lipinski definition) is 2. The van der Waals surface area contributed by atoms with Crippen LogP contribution in [0.3, 0.4) is 0 Å². The summed E-state index contributed by atoms with van der Waals surface area (Å²) in [5.74, 6) is -0.743. The van der Waals surface area contributed by atoms with Crippen molar-refractivity contribution < 1.29 is 14.7 Å². The first-order chi connectivity index (χ1) is 8.95. The topological polar surface area (TPSA) is 57.6 Å². The molecule has 0 saturated heterocycles. The molecule has 19 heavy (non-hydrogen) atoms. The Bertz CT molecular complexity index is 437. The van der Waals surface area contributed by atoms with Gasteiger partial charge in [0.25, 0.3) is 0 Å². The molecule has 1 aromatic carbocycles. The number of benzene rings is 1. The number of rotatable bonds is 6. The quantitative estimate of drug-likeness (QED) is 0.858. The number of nitrogens with zero attached hydrogens (tertiary/aromatic N) is 1. The van der Waals surface area contributed by atoms with Crippen LogP contribution < -0.4 is 4.90 Å². The molecule has 4 nitrogen and oxygen atoms in total. The van der Waals surface area contributed by atoms with Crippen LogP contribution >= 0.6 is 0 Å². The minimum atomic E-state index is -1.00. The van der Waals surface area contributed by atoms with Gasteiger partial charge in [-0.2, -0.15) is 0 Å². The first kappa shape index (κ1) is 15.2. The van der Waals surface area contributed by atoms with E-state index in [2.05, 4.69) is 13.8 Å². The summed E-state index contributed by atoms with van der Waals surface area (Å²) in [6, 6.07) is 7.50. The highest BCUT2D eigenvalue weighted by molar-refractivity contribution is 5.97. The highest BCUT2D eigenvalue weighted by Crippen LogP contribution is 2.20. The molecule has 0 aromatic heterocycles. The van der Waals surface area contributed by atoms with Gasteiger partial charge in [-0.05, 0) is 30.0 Å². The molecule has 0 atom stereocenters. The van der Waals surface area contributed by atoms with E-state index in [1.54, 1.807) is 0 Å². The fourth-order valence-corrected chi connectivity index (χ4v) is 1.85. The monoisotopic (exact) mass is 263 g/mol. The summed E-state index contributed by atoms with van der Waals surface area (Å²) in [7, 11) is 0. The summed E-state index contributed by atoms with van der Waals surface area (Å²) in [6.45, 7) is 5.79. The van der Waals surface area contributed by atoms with Crippen LogP contribution in [0.25, 0.3) is 0 Å². The fourth-order valence-electron chi connectivity index (χ4n) is 1.85. The number of amides is 1. The first-order valence-corrected chi connectivity index (χ1v) is 6.57. The number of aliphatic carboxylic acids is 1. The van der Waals surface area contributed by atoms with Crippen molar-refractivity contribution in [2.75, 3.05) is 11.4 Å². The van der Waals surface area contributed by atoms with Crippen molar-refractivity contribution in [2.24, 2.45) is 0 Å². The molecule has 0 radical (unpaired) electrons. The maximum absolute atomic E-state index is 12.0. The molecule has 0 aliphatic carbocycles. The molecule has 0 unspecified atom stereocenters. The SMILES string of the molecule is CCCC(=O)N(CC(=O)O)c1ccc(C(C)C)cc1. The summed E-state index contributed by atoms with van der Waals surface area (Å²) in [5, 5.41) is 8.91. The lowest BCUT2D eigenvalue weighted by Crippen LogP contribution is -2.35. The van der Waals surface area contributed by atoms with E-state index < -0.39 is 5.97 Å². The van der Waals surface area contributed by atoms with Crippen molar-refractivity contribution in [3.8, 4) is 0 Å². The predicted octanol–water partition coefficient (Wildman–Crippen LogP) is 3.03. The van der Waals surface area contributed by atoms with E-state index in [1.165, 1.54) is 10.5 Å². The highest BCUT2D eigenvalue weighted by Gasteiger charge is 2.17. The van der Waals surface area contributed by atoms with Gasteiger partial charge in [-0.1, -0.05) is 32.9 Å². The lowest BCUT2D eigenvalue weighted by Gasteiger charge is -2.21. The van der Waals surface area contributed by atoms with Crippen molar-refractivity contribution in [3.63, 3.8) is 0 Å². The van der Waals surface area contributed by atoms with Gasteiger partial charge in [0.05, 0.1) is 0 Å². The minimum absolute atomic E-state index is 0.151. The molecule has 0 spiro atoms. The maximum atomic E-state index is 12.0. The first-order valence-electron chi connectivity index (χ1n) is 6.57. The van der Waals surface area contributed by atoms with Crippen LogP contribution in [0.15, 0.2) is 24.3 Å². The predicted molar refractivity (Wildman–Crippen MR) is 75.4 cm³/mol. The van der Waals surface area contributed by atoms with E-state index in [0.29, 0.717) is 24.4 Å². The number of carbonyl (C=O) groups is 2. The number of carbonyl (C=O) groups excluding carboxylic acids is 1. The Balaban J connectivity index is 2.96. The Morgan fingerprint density at radius 1 is 1.21 bits per heavy atom. The molecule has 0 aliphatic rings. The summed E-state index contributed by atoms with van der Waals surface area (Å²) >= 11 is 0. The van der Waals surface area contributed by atoms with Gasteiger partial charge in [-0.15, -0.1) is 0 Å². The van der Waals surface area contributed by atoms with Gasteiger partial charge >= 0.3 is 5.97 Å². The Morgan fingerprint density at radius 3 is 2.21 bits per heavy atom. The van der Waals surface area contributed by atoms with Gasteiger partial charge in [0.15, 0.2) is 0 Å². The Kier molecular flexibility index (Phi) is 5.55. The van der Waals surface area contributed by atoms with E-state index in [0.717, 1.165) is 0 Å². The van der Waals surface area contributed by atoms with Crippen molar-refractivity contribution in [2.45, 2.75) is 39.5 Å². The van der Waals surface area contributed by atoms with Crippen LogP contribution in [-0.2, 0) is 9.59 Å². The van der Waals surface area contributed by atoms with Crippen LogP contribution in [0, 0.1) is 0 Å². The molecular weight excluding hydrogens is 242 g/mol. The van der Waals surface area contributed by atoms with E-state index in [9.17, 15) is 9.59 Å². The zero-order valence-corrected chi connectivity index (χ0v) is 11.7. The van der Waals surface area contributed by atoms with Crippen LogP contribution in [0.4, 0.5) is 5.69 Å². The molecule has 104 valence electrons. The molecule has 0 fully saturated rings. The van der Waals surface area contributed by atoms with Gasteiger partial charge in [0.1, 0.15) is 6.54 Å². The lowest BCUT2D eigenvalue weighted by molar-refractivity contribution is -0.136. The molecule has 0 aliphatic heterocycles. The Morgan fingerprint density at radius 2 is 1.79 bits per heavy atom. The van der Waals surface area contributed by atoms with Gasteiger partial charge in [0, 0.05) is 12.1 Å². The number of anilines is 1. The third kappa shape index (κ3) is 4.39. The van der Waals surface area contributed by atoms with Crippen LogP contribution in [-0.4, -0.2) is 23.5 Å². The standard InChI is InChI=1S/C15H21NO3/c1-4-5-14(17)16(10-15(18)19)13-8-6-12(7-9-13)11(2)3/h6-9,11H,4-5,10H2,1-3H3,(H,18,19). The van der Waals surface area contributed by atoms with Crippen molar-refractivity contribution in [3.05, 3.63) is 29.8 Å². The largest absolute Gasteiger partial charge is 0.480 e. The summed E-state index contributed by atoms with van der Waals surface area (Å²) in [6.07, 6.45) is 1.07. The molecule has 0 saturated carbocycles. The molecule has 1 N–H and O–H groups in total. The van der Waals surface area contributed by atoms with Crippen LogP contribution in [0.1, 0.15) is 45.1 Å². The average Bonchev–Trinajstić information content (AvgIpc) is 2.36. The molecule has 0 heterocycles. The van der Waals surface area contributed by atoms with Gasteiger partial charge in [-0.25, -0.2) is 0 Å².